The molecule has 1 aromatic heterocycles. The molecule has 0 spiro atoms. The van der Waals surface area contributed by atoms with E-state index in [4.69, 9.17) is 45.1 Å². The number of nitrogens with zero attached hydrogens (tertiary/aromatic N) is 2. The van der Waals surface area contributed by atoms with Gasteiger partial charge < -0.3 is 35.5 Å². The van der Waals surface area contributed by atoms with Crippen molar-refractivity contribution in [3.05, 3.63) is 17.7 Å². The molecule has 6 N–H and O–H groups in total. The zero-order valence-electron chi connectivity index (χ0n) is 15.5. The van der Waals surface area contributed by atoms with Crippen LogP contribution in [0.5, 0.6) is 0 Å². The molecule has 2 heterocycles. The number of nitrogens with two attached hydrogens (primary N) is 1. The maximum atomic E-state index is 11.0. The van der Waals surface area contributed by atoms with Crippen molar-refractivity contribution in [1.29, 1.82) is 0 Å². The smallest absolute Gasteiger partial charge is 0.450 e. The van der Waals surface area contributed by atoms with E-state index in [9.17, 15) is 4.79 Å². The van der Waals surface area contributed by atoms with Crippen LogP contribution in [0.1, 0.15) is 44.0 Å². The van der Waals surface area contributed by atoms with Crippen LogP contribution in [-0.2, 0) is 9.31 Å². The summed E-state index contributed by atoms with van der Waals surface area (Å²) in [6, 6.07) is 0. The van der Waals surface area contributed by atoms with E-state index in [0.717, 1.165) is 0 Å². The Bertz CT molecular complexity index is 673. The predicted molar refractivity (Wildman–Crippen MR) is 92.3 cm³/mol. The average molecular weight is 387 g/mol. The van der Waals surface area contributed by atoms with Crippen molar-refractivity contribution in [1.82, 2.24) is 9.97 Å². The number of carbonyl (C=O) groups is 3. The third-order valence-corrected chi connectivity index (χ3v) is 3.74. The molecule has 0 saturated carbocycles. The lowest BCUT2D eigenvalue weighted by atomic mass is 9.79. The number of primary amides is 1. The molecule has 1 saturated heterocycles. The largest absolute Gasteiger partial charge is 0.503 e. The van der Waals surface area contributed by atoms with Crippen molar-refractivity contribution < 1.29 is 44.1 Å². The first-order valence-corrected chi connectivity index (χ1v) is 7.43. The zero-order valence-corrected chi connectivity index (χ0v) is 15.5. The molecule has 0 radical (unpaired) electrons. The third-order valence-electron chi connectivity index (χ3n) is 3.74. The van der Waals surface area contributed by atoms with Crippen molar-refractivity contribution >= 4 is 30.8 Å². The number of carboxylic acid groups (broad SMARTS) is 4. The molecule has 1 aliphatic heterocycles. The molecule has 1 aliphatic rings. The van der Waals surface area contributed by atoms with Crippen molar-refractivity contribution in [3.8, 4) is 0 Å². The Kier molecular flexibility index (Phi) is 8.15. The SMILES string of the molecule is Cc1nc(C(N)=O)ncc1B1OC(C)(C)C(C)(C)O1.O=C(O)O.O=C(O)O. The number of aromatic nitrogens is 2. The summed E-state index contributed by atoms with van der Waals surface area (Å²) in [6.45, 7) is 9.67. The lowest BCUT2D eigenvalue weighted by molar-refractivity contribution is 0.00578. The number of hydrogen-bond acceptors (Lipinski definition) is 7. The van der Waals surface area contributed by atoms with E-state index in [1.165, 1.54) is 6.20 Å². The second-order valence-corrected chi connectivity index (χ2v) is 6.25. The number of rotatable bonds is 2. The van der Waals surface area contributed by atoms with Crippen LogP contribution in [0.4, 0.5) is 9.59 Å². The van der Waals surface area contributed by atoms with Crippen LogP contribution in [0.3, 0.4) is 0 Å². The molecule has 0 unspecified atom stereocenters. The highest BCUT2D eigenvalue weighted by molar-refractivity contribution is 6.62. The second-order valence-electron chi connectivity index (χ2n) is 6.25. The van der Waals surface area contributed by atoms with Crippen molar-refractivity contribution in [2.75, 3.05) is 0 Å². The summed E-state index contributed by atoms with van der Waals surface area (Å²) in [5.74, 6) is -0.652. The van der Waals surface area contributed by atoms with Crippen LogP contribution in [0.2, 0.25) is 0 Å². The highest BCUT2D eigenvalue weighted by atomic mass is 16.7. The minimum Gasteiger partial charge on any atom is -0.450 e. The molecule has 12 nitrogen and oxygen atoms in total. The Morgan fingerprint density at radius 3 is 1.67 bits per heavy atom. The fourth-order valence-corrected chi connectivity index (χ4v) is 1.80. The third kappa shape index (κ3) is 7.46. The van der Waals surface area contributed by atoms with Gasteiger partial charge in [0.2, 0.25) is 5.82 Å². The van der Waals surface area contributed by atoms with Gasteiger partial charge in [-0.25, -0.2) is 19.6 Å². The van der Waals surface area contributed by atoms with Crippen LogP contribution in [0.25, 0.3) is 0 Å². The Labute approximate surface area is 155 Å². The summed E-state index contributed by atoms with van der Waals surface area (Å²) in [6.07, 6.45) is -2.13. The maximum Gasteiger partial charge on any atom is 0.503 e. The Balaban J connectivity index is 0.000000718. The number of amides is 1. The van der Waals surface area contributed by atoms with Crippen LogP contribution in [0.15, 0.2) is 6.20 Å². The lowest BCUT2D eigenvalue weighted by Gasteiger charge is -2.32. The average Bonchev–Trinajstić information content (AvgIpc) is 2.65. The standard InChI is InChI=1S/C12H18BN3O3.2CH2O3/c1-7-8(6-15-10(16-7)9(14)17)13-18-11(2,3)12(4,5)19-13;2*2-1(3)4/h6H,1-5H3,(H2,14,17);2*(H2,2,3,4). The van der Waals surface area contributed by atoms with Crippen LogP contribution >= 0.6 is 0 Å². The zero-order chi connectivity index (χ0) is 21.6. The van der Waals surface area contributed by atoms with Gasteiger partial charge in [-0.3, -0.25) is 4.79 Å². The molecule has 27 heavy (non-hydrogen) atoms. The number of aryl methyl sites for hydroxylation is 1. The molecule has 0 atom stereocenters. The Morgan fingerprint density at radius 1 is 1.00 bits per heavy atom. The lowest BCUT2D eigenvalue weighted by Crippen LogP contribution is -2.41. The van der Waals surface area contributed by atoms with E-state index in [2.05, 4.69) is 9.97 Å². The molecule has 1 fully saturated rings. The molecule has 13 heteroatoms. The van der Waals surface area contributed by atoms with Crippen molar-refractivity contribution in [3.63, 3.8) is 0 Å². The summed E-state index contributed by atoms with van der Waals surface area (Å²) < 4.78 is 11.8. The summed E-state index contributed by atoms with van der Waals surface area (Å²) in [5.41, 5.74) is 5.64. The summed E-state index contributed by atoms with van der Waals surface area (Å²) in [5, 5.41) is 27.9. The van der Waals surface area contributed by atoms with Crippen molar-refractivity contribution in [2.24, 2.45) is 5.73 Å². The second kappa shape index (κ2) is 9.14. The number of hydrogen-bond donors (Lipinski definition) is 5. The molecule has 0 bridgehead atoms. The fraction of sp³-hybridized carbons (Fsp3) is 0.500. The first kappa shape index (κ1) is 24.1. The van der Waals surface area contributed by atoms with Gasteiger partial charge in [0.05, 0.1) is 11.2 Å². The highest BCUT2D eigenvalue weighted by Gasteiger charge is 2.52. The normalized spacial score (nSPS) is 16.3. The molecule has 1 amide bonds. The van der Waals surface area contributed by atoms with Gasteiger partial charge >= 0.3 is 19.4 Å². The van der Waals surface area contributed by atoms with E-state index < -0.39 is 36.5 Å². The van der Waals surface area contributed by atoms with Gasteiger partial charge in [-0.1, -0.05) is 0 Å². The topological polar surface area (TPSA) is 202 Å². The van der Waals surface area contributed by atoms with Gasteiger partial charge in [0.1, 0.15) is 0 Å². The number of carbonyl (C=O) groups excluding carboxylic acids is 1. The van der Waals surface area contributed by atoms with Crippen molar-refractivity contribution in [2.45, 2.75) is 45.8 Å². The van der Waals surface area contributed by atoms with Crippen LogP contribution in [0, 0.1) is 6.92 Å². The van der Waals surface area contributed by atoms with Gasteiger partial charge in [-0.05, 0) is 34.6 Å². The molecule has 1 aromatic rings. The summed E-state index contributed by atoms with van der Waals surface area (Å²) >= 11 is 0. The van der Waals surface area contributed by atoms with E-state index in [-0.39, 0.29) is 5.82 Å². The van der Waals surface area contributed by atoms with Gasteiger partial charge in [-0.2, -0.15) is 0 Å². The Hall–Kier alpha value is -2.93. The highest BCUT2D eigenvalue weighted by Crippen LogP contribution is 2.36. The van der Waals surface area contributed by atoms with Crippen LogP contribution in [-0.4, -0.2) is 66.9 Å². The molecular weight excluding hydrogens is 365 g/mol. The fourth-order valence-electron chi connectivity index (χ4n) is 1.80. The summed E-state index contributed by atoms with van der Waals surface area (Å²) in [4.78, 5) is 36.1. The molecule has 0 aliphatic carbocycles. The monoisotopic (exact) mass is 387 g/mol. The predicted octanol–water partition coefficient (Wildman–Crippen LogP) is 0.628. The van der Waals surface area contributed by atoms with Gasteiger partial charge in [0, 0.05) is 17.4 Å². The van der Waals surface area contributed by atoms with Crippen LogP contribution < -0.4 is 11.2 Å². The Morgan fingerprint density at radius 2 is 1.37 bits per heavy atom. The quantitative estimate of drug-likeness (QED) is 0.445. The van der Waals surface area contributed by atoms with Gasteiger partial charge in [-0.15, -0.1) is 0 Å². The first-order chi connectivity index (χ1) is 12.1. The first-order valence-electron chi connectivity index (χ1n) is 7.43. The molecule has 0 aromatic carbocycles. The van der Waals surface area contributed by atoms with Gasteiger partial charge in [0.25, 0.3) is 5.91 Å². The minimum atomic E-state index is -1.83. The maximum absolute atomic E-state index is 11.0. The van der Waals surface area contributed by atoms with E-state index >= 15 is 0 Å². The molecule has 2 rings (SSSR count). The minimum absolute atomic E-state index is 0.00207. The van der Waals surface area contributed by atoms with E-state index in [1.54, 1.807) is 6.92 Å². The van der Waals surface area contributed by atoms with E-state index in [1.807, 2.05) is 27.7 Å². The van der Waals surface area contributed by atoms with E-state index in [0.29, 0.717) is 11.2 Å². The van der Waals surface area contributed by atoms with Gasteiger partial charge in [0.15, 0.2) is 0 Å². The molecule has 150 valence electrons. The summed E-state index contributed by atoms with van der Waals surface area (Å²) in [7, 11) is -0.535. The molecular formula is C14H22BN3O9.